The van der Waals surface area contributed by atoms with Gasteiger partial charge in [-0.05, 0) is 13.1 Å². The fourth-order valence-electron chi connectivity index (χ4n) is 2.12. The SMILES string of the molecule is CNCc1occc1-c1cn(C)nc1C(C)(C)C. The molecule has 2 aromatic rings. The second kappa shape index (κ2) is 4.61. The zero-order chi connectivity index (χ0) is 13.3. The molecular formula is C14H21N3O. The maximum atomic E-state index is 5.54. The van der Waals surface area contributed by atoms with E-state index in [2.05, 4.69) is 37.4 Å². The summed E-state index contributed by atoms with van der Waals surface area (Å²) in [6.07, 6.45) is 3.80. The molecule has 0 aliphatic rings. The highest BCUT2D eigenvalue weighted by Crippen LogP contribution is 2.34. The molecule has 0 spiro atoms. The van der Waals surface area contributed by atoms with E-state index < -0.39 is 0 Å². The van der Waals surface area contributed by atoms with Gasteiger partial charge < -0.3 is 9.73 Å². The summed E-state index contributed by atoms with van der Waals surface area (Å²) in [7, 11) is 3.87. The van der Waals surface area contributed by atoms with E-state index in [0.29, 0.717) is 0 Å². The summed E-state index contributed by atoms with van der Waals surface area (Å²) in [6, 6.07) is 2.01. The first-order valence-corrected chi connectivity index (χ1v) is 6.19. The molecule has 4 nitrogen and oxygen atoms in total. The van der Waals surface area contributed by atoms with E-state index in [1.165, 1.54) is 0 Å². The van der Waals surface area contributed by atoms with Gasteiger partial charge >= 0.3 is 0 Å². The number of aryl methyl sites for hydroxylation is 1. The largest absolute Gasteiger partial charge is 0.467 e. The van der Waals surface area contributed by atoms with Crippen molar-refractivity contribution in [2.75, 3.05) is 7.05 Å². The summed E-state index contributed by atoms with van der Waals surface area (Å²) in [5.74, 6) is 0.955. The molecule has 0 atom stereocenters. The number of rotatable bonds is 3. The third kappa shape index (κ3) is 2.34. The highest BCUT2D eigenvalue weighted by atomic mass is 16.3. The van der Waals surface area contributed by atoms with Crippen LogP contribution in [0.2, 0.25) is 0 Å². The van der Waals surface area contributed by atoms with Crippen molar-refractivity contribution >= 4 is 0 Å². The molecule has 2 heterocycles. The van der Waals surface area contributed by atoms with Crippen LogP contribution in [-0.2, 0) is 19.0 Å². The average Bonchev–Trinajstić information content (AvgIpc) is 2.83. The van der Waals surface area contributed by atoms with Gasteiger partial charge in [0.2, 0.25) is 0 Å². The number of furan rings is 1. The fourth-order valence-corrected chi connectivity index (χ4v) is 2.12. The van der Waals surface area contributed by atoms with Gasteiger partial charge in [-0.1, -0.05) is 20.8 Å². The predicted octanol–water partition coefficient (Wildman–Crippen LogP) is 2.70. The third-order valence-electron chi connectivity index (χ3n) is 2.91. The zero-order valence-electron chi connectivity index (χ0n) is 11.7. The van der Waals surface area contributed by atoms with Gasteiger partial charge in [-0.25, -0.2) is 0 Å². The molecule has 2 rings (SSSR count). The smallest absolute Gasteiger partial charge is 0.125 e. The minimum absolute atomic E-state index is 0.0186. The summed E-state index contributed by atoms with van der Waals surface area (Å²) in [4.78, 5) is 0. The van der Waals surface area contributed by atoms with Gasteiger partial charge in [0, 0.05) is 29.8 Å². The molecule has 0 saturated heterocycles. The molecule has 0 radical (unpaired) electrons. The maximum absolute atomic E-state index is 5.54. The number of nitrogens with one attached hydrogen (secondary N) is 1. The van der Waals surface area contributed by atoms with Crippen LogP contribution in [0, 0.1) is 0 Å². The topological polar surface area (TPSA) is 43.0 Å². The van der Waals surface area contributed by atoms with E-state index >= 15 is 0 Å². The lowest BCUT2D eigenvalue weighted by Gasteiger charge is -2.17. The van der Waals surface area contributed by atoms with Crippen LogP contribution < -0.4 is 5.32 Å². The summed E-state index contributed by atoms with van der Waals surface area (Å²) in [5, 5.41) is 7.72. The number of hydrogen-bond acceptors (Lipinski definition) is 3. The lowest BCUT2D eigenvalue weighted by molar-refractivity contribution is 0.496. The quantitative estimate of drug-likeness (QED) is 0.906. The molecule has 0 aliphatic carbocycles. The molecule has 4 heteroatoms. The minimum Gasteiger partial charge on any atom is -0.467 e. The van der Waals surface area contributed by atoms with Crippen molar-refractivity contribution in [3.05, 3.63) is 30.0 Å². The highest BCUT2D eigenvalue weighted by Gasteiger charge is 2.24. The Morgan fingerprint density at radius 1 is 1.33 bits per heavy atom. The number of nitrogens with zero attached hydrogens (tertiary/aromatic N) is 2. The van der Waals surface area contributed by atoms with Crippen LogP contribution >= 0.6 is 0 Å². The normalized spacial score (nSPS) is 12.1. The van der Waals surface area contributed by atoms with Crippen molar-refractivity contribution in [3.8, 4) is 11.1 Å². The van der Waals surface area contributed by atoms with Crippen LogP contribution in [0.5, 0.6) is 0 Å². The van der Waals surface area contributed by atoms with E-state index in [1.807, 2.05) is 24.8 Å². The summed E-state index contributed by atoms with van der Waals surface area (Å²) in [5.41, 5.74) is 3.40. The molecule has 1 N–H and O–H groups in total. The van der Waals surface area contributed by atoms with Crippen LogP contribution in [0.15, 0.2) is 22.9 Å². The van der Waals surface area contributed by atoms with Crippen molar-refractivity contribution in [3.63, 3.8) is 0 Å². The molecule has 0 aliphatic heterocycles. The van der Waals surface area contributed by atoms with Crippen molar-refractivity contribution in [2.45, 2.75) is 32.7 Å². The molecule has 98 valence electrons. The predicted molar refractivity (Wildman–Crippen MR) is 72.4 cm³/mol. The van der Waals surface area contributed by atoms with E-state index in [1.54, 1.807) is 6.26 Å². The van der Waals surface area contributed by atoms with E-state index in [0.717, 1.165) is 29.1 Å². The van der Waals surface area contributed by atoms with Gasteiger partial charge in [0.15, 0.2) is 0 Å². The van der Waals surface area contributed by atoms with Gasteiger partial charge in [-0.2, -0.15) is 5.10 Å². The molecule has 0 saturated carbocycles. The summed E-state index contributed by atoms with van der Waals surface area (Å²) < 4.78 is 7.40. The Kier molecular flexibility index (Phi) is 3.30. The molecular weight excluding hydrogens is 226 g/mol. The van der Waals surface area contributed by atoms with Gasteiger partial charge in [-0.3, -0.25) is 4.68 Å². The molecule has 0 bridgehead atoms. The molecule has 0 aromatic carbocycles. The summed E-state index contributed by atoms with van der Waals surface area (Å²) >= 11 is 0. The first-order chi connectivity index (χ1) is 8.43. The molecule has 0 fully saturated rings. The van der Waals surface area contributed by atoms with Crippen molar-refractivity contribution < 1.29 is 4.42 Å². The van der Waals surface area contributed by atoms with Crippen LogP contribution in [0.4, 0.5) is 0 Å². The Labute approximate surface area is 108 Å². The van der Waals surface area contributed by atoms with Crippen LogP contribution in [0.1, 0.15) is 32.2 Å². The van der Waals surface area contributed by atoms with Gasteiger partial charge in [-0.15, -0.1) is 0 Å². The molecule has 0 amide bonds. The second-order valence-corrected chi connectivity index (χ2v) is 5.60. The van der Waals surface area contributed by atoms with Gasteiger partial charge in [0.25, 0.3) is 0 Å². The van der Waals surface area contributed by atoms with E-state index in [9.17, 15) is 0 Å². The van der Waals surface area contributed by atoms with E-state index in [4.69, 9.17) is 4.42 Å². The Bertz CT molecular complexity index is 531. The zero-order valence-corrected chi connectivity index (χ0v) is 11.7. The van der Waals surface area contributed by atoms with Crippen LogP contribution in [-0.4, -0.2) is 16.8 Å². The standard InChI is InChI=1S/C14H21N3O/c1-14(2,3)13-11(9-17(5)16-13)10-6-7-18-12(10)8-15-4/h6-7,9,15H,8H2,1-5H3. The highest BCUT2D eigenvalue weighted by molar-refractivity contribution is 5.68. The molecule has 2 aromatic heterocycles. The van der Waals surface area contributed by atoms with Gasteiger partial charge in [0.1, 0.15) is 5.76 Å². The Hall–Kier alpha value is -1.55. The lowest BCUT2D eigenvalue weighted by atomic mass is 9.87. The average molecular weight is 247 g/mol. The lowest BCUT2D eigenvalue weighted by Crippen LogP contribution is -2.14. The third-order valence-corrected chi connectivity index (χ3v) is 2.91. The second-order valence-electron chi connectivity index (χ2n) is 5.60. The summed E-state index contributed by atoms with van der Waals surface area (Å²) in [6.45, 7) is 7.25. The van der Waals surface area contributed by atoms with E-state index in [-0.39, 0.29) is 5.41 Å². The van der Waals surface area contributed by atoms with Crippen LogP contribution in [0.3, 0.4) is 0 Å². The number of hydrogen-bond donors (Lipinski definition) is 1. The first-order valence-electron chi connectivity index (χ1n) is 6.19. The Balaban J connectivity index is 2.53. The van der Waals surface area contributed by atoms with Crippen molar-refractivity contribution in [1.29, 1.82) is 0 Å². The van der Waals surface area contributed by atoms with Crippen molar-refractivity contribution in [2.24, 2.45) is 7.05 Å². The monoisotopic (exact) mass is 247 g/mol. The number of aromatic nitrogens is 2. The van der Waals surface area contributed by atoms with Crippen molar-refractivity contribution in [1.82, 2.24) is 15.1 Å². The van der Waals surface area contributed by atoms with Crippen LogP contribution in [0.25, 0.3) is 11.1 Å². The van der Waals surface area contributed by atoms with Gasteiger partial charge in [0.05, 0.1) is 18.5 Å². The minimum atomic E-state index is 0.0186. The molecule has 0 unspecified atom stereocenters. The fraction of sp³-hybridized carbons (Fsp3) is 0.500. The first kappa shape index (κ1) is 12.9. The Morgan fingerprint density at radius 2 is 2.06 bits per heavy atom. The maximum Gasteiger partial charge on any atom is 0.125 e. The molecule has 18 heavy (non-hydrogen) atoms. The Morgan fingerprint density at radius 3 is 2.67 bits per heavy atom.